The summed E-state index contributed by atoms with van der Waals surface area (Å²) in [5, 5.41) is 0. The van der Waals surface area contributed by atoms with Gasteiger partial charge in [0.2, 0.25) is 0 Å². The molecule has 1 rings (SSSR count). The number of carbonyl (C=O) groups is 1. The van der Waals surface area contributed by atoms with Gasteiger partial charge in [0.15, 0.2) is 0 Å². The van der Waals surface area contributed by atoms with E-state index in [0.29, 0.717) is 5.56 Å². The van der Waals surface area contributed by atoms with Gasteiger partial charge in [0, 0.05) is 6.42 Å². The normalized spacial score (nSPS) is 15.4. The Labute approximate surface area is 154 Å². The molecule has 0 aliphatic heterocycles. The van der Waals surface area contributed by atoms with E-state index in [2.05, 4.69) is 9.13 Å². The van der Waals surface area contributed by atoms with Crippen LogP contribution in [0.25, 0.3) is 0 Å². The fourth-order valence-corrected chi connectivity index (χ4v) is 2.69. The molecule has 0 bridgehead atoms. The van der Waals surface area contributed by atoms with Gasteiger partial charge in [-0.3, -0.25) is 4.79 Å². The molecule has 0 spiro atoms. The van der Waals surface area contributed by atoms with Gasteiger partial charge in [0.05, 0.1) is 29.4 Å². The summed E-state index contributed by atoms with van der Waals surface area (Å²) in [5.41, 5.74) is 0.508. The summed E-state index contributed by atoms with van der Waals surface area (Å²) >= 11 is 0. The van der Waals surface area contributed by atoms with E-state index in [4.69, 9.17) is 0 Å². The molecule has 146 valence electrons. The first-order valence-electron chi connectivity index (χ1n) is 8.22. The number of ether oxygens (including phenoxy) is 1. The lowest BCUT2D eigenvalue weighted by atomic mass is 9.94. The molecule has 8 heteroatoms. The van der Waals surface area contributed by atoms with Gasteiger partial charge >= 0.3 is 12.1 Å². The van der Waals surface area contributed by atoms with Crippen molar-refractivity contribution in [2.75, 3.05) is 6.61 Å². The third kappa shape index (κ3) is 7.27. The summed E-state index contributed by atoms with van der Waals surface area (Å²) in [6, 6.07) is 8.27. The number of benzene rings is 1. The molecule has 0 aliphatic carbocycles. The first-order chi connectivity index (χ1) is 11.9. The first kappa shape index (κ1) is 22.3. The number of halogens is 3. The summed E-state index contributed by atoms with van der Waals surface area (Å²) in [6.45, 7) is 6.61. The first-order valence-corrected chi connectivity index (χ1v) is 9.33. The number of carbonyl (C=O) groups excluding carboxylic acids is 1. The number of alkyl halides is 3. The molecular weight excluding hydrogens is 367 g/mol. The van der Waals surface area contributed by atoms with Gasteiger partial charge in [0.25, 0.3) is 0 Å². The van der Waals surface area contributed by atoms with E-state index < -0.39 is 46.6 Å². The number of hydrogen-bond donors (Lipinski definition) is 0. The van der Waals surface area contributed by atoms with E-state index in [1.54, 1.807) is 51.1 Å². The Morgan fingerprint density at radius 3 is 2.19 bits per heavy atom. The molecule has 1 aromatic carbocycles. The SMILES string of the molecule is CCOC(=O)C[C@H](C/C(=N/S(=O)C(C)(C)C)c1ccccc1)C(F)(F)F. The number of rotatable bonds is 7. The van der Waals surface area contributed by atoms with Crippen molar-refractivity contribution < 1.29 is 26.9 Å². The van der Waals surface area contributed by atoms with Crippen LogP contribution in [0.4, 0.5) is 13.2 Å². The highest BCUT2D eigenvalue weighted by Crippen LogP contribution is 2.33. The maximum absolute atomic E-state index is 13.4. The highest BCUT2D eigenvalue weighted by molar-refractivity contribution is 7.85. The Morgan fingerprint density at radius 2 is 1.73 bits per heavy atom. The van der Waals surface area contributed by atoms with Crippen molar-refractivity contribution in [2.24, 2.45) is 10.3 Å². The maximum atomic E-state index is 13.4. The molecular formula is C18H24F3NO3S. The smallest absolute Gasteiger partial charge is 0.392 e. The van der Waals surface area contributed by atoms with Crippen LogP contribution in [-0.4, -0.2) is 33.4 Å². The third-order valence-electron chi connectivity index (χ3n) is 3.45. The number of hydrogen-bond acceptors (Lipinski definition) is 3. The summed E-state index contributed by atoms with van der Waals surface area (Å²) in [5.74, 6) is -2.88. The minimum Gasteiger partial charge on any atom is -0.466 e. The van der Waals surface area contributed by atoms with Crippen LogP contribution in [0.15, 0.2) is 34.7 Å². The average molecular weight is 391 g/mol. The van der Waals surface area contributed by atoms with Gasteiger partial charge < -0.3 is 4.74 Å². The number of nitrogens with zero attached hydrogens (tertiary/aromatic N) is 1. The van der Waals surface area contributed by atoms with Crippen LogP contribution >= 0.6 is 0 Å². The molecule has 0 fully saturated rings. The topological polar surface area (TPSA) is 55.7 Å². The van der Waals surface area contributed by atoms with Gasteiger partial charge in [-0.15, -0.1) is 0 Å². The number of esters is 1. The molecule has 0 saturated heterocycles. The maximum Gasteiger partial charge on any atom is 0.392 e. The molecule has 0 radical (unpaired) electrons. The predicted molar refractivity (Wildman–Crippen MR) is 96.3 cm³/mol. The molecule has 0 aliphatic rings. The van der Waals surface area contributed by atoms with Crippen molar-refractivity contribution in [1.82, 2.24) is 0 Å². The van der Waals surface area contributed by atoms with Crippen LogP contribution in [-0.2, 0) is 20.5 Å². The van der Waals surface area contributed by atoms with Gasteiger partial charge in [-0.2, -0.15) is 17.6 Å². The van der Waals surface area contributed by atoms with Crippen molar-refractivity contribution in [3.05, 3.63) is 35.9 Å². The van der Waals surface area contributed by atoms with Crippen molar-refractivity contribution in [3.63, 3.8) is 0 Å². The third-order valence-corrected chi connectivity index (χ3v) is 4.88. The van der Waals surface area contributed by atoms with E-state index in [1.165, 1.54) is 6.92 Å². The molecule has 1 unspecified atom stereocenters. The van der Waals surface area contributed by atoms with E-state index in [1.807, 2.05) is 0 Å². The Bertz CT molecular complexity index is 652. The molecule has 26 heavy (non-hydrogen) atoms. The van der Waals surface area contributed by atoms with Crippen LogP contribution < -0.4 is 0 Å². The van der Waals surface area contributed by atoms with Crippen molar-refractivity contribution in [1.29, 1.82) is 0 Å². The molecule has 4 nitrogen and oxygen atoms in total. The second-order valence-corrected chi connectivity index (χ2v) is 8.62. The molecule has 2 atom stereocenters. The average Bonchev–Trinajstić information content (AvgIpc) is 2.52. The molecule has 0 heterocycles. The van der Waals surface area contributed by atoms with Crippen molar-refractivity contribution in [3.8, 4) is 0 Å². The van der Waals surface area contributed by atoms with Crippen LogP contribution in [0.5, 0.6) is 0 Å². The molecule has 1 aromatic rings. The summed E-state index contributed by atoms with van der Waals surface area (Å²) in [6.07, 6.45) is -5.95. The van der Waals surface area contributed by atoms with E-state index in [-0.39, 0.29) is 12.3 Å². The van der Waals surface area contributed by atoms with Crippen molar-refractivity contribution in [2.45, 2.75) is 51.5 Å². The fraction of sp³-hybridized carbons (Fsp3) is 0.556. The highest BCUT2D eigenvalue weighted by atomic mass is 32.2. The Balaban J connectivity index is 3.22. The zero-order chi connectivity index (χ0) is 20.0. The minimum atomic E-state index is -4.61. The summed E-state index contributed by atoms with van der Waals surface area (Å²) in [4.78, 5) is 11.6. The van der Waals surface area contributed by atoms with Crippen molar-refractivity contribution >= 4 is 22.7 Å². The Morgan fingerprint density at radius 1 is 1.15 bits per heavy atom. The van der Waals surface area contributed by atoms with E-state index in [0.717, 1.165) is 0 Å². The molecule has 0 saturated carbocycles. The second-order valence-electron chi connectivity index (χ2n) is 6.72. The predicted octanol–water partition coefficient (Wildman–Crippen LogP) is 4.46. The minimum absolute atomic E-state index is 0.0110. The fourth-order valence-electron chi connectivity index (χ4n) is 2.03. The van der Waals surface area contributed by atoms with Crippen LogP contribution in [0.2, 0.25) is 0 Å². The lowest BCUT2D eigenvalue weighted by Crippen LogP contribution is -2.30. The van der Waals surface area contributed by atoms with Crippen LogP contribution in [0.3, 0.4) is 0 Å². The molecule has 0 N–H and O–H groups in total. The van der Waals surface area contributed by atoms with Crippen LogP contribution in [0.1, 0.15) is 46.1 Å². The Hall–Kier alpha value is -1.70. The lowest BCUT2D eigenvalue weighted by Gasteiger charge is -2.21. The highest BCUT2D eigenvalue weighted by Gasteiger charge is 2.42. The van der Waals surface area contributed by atoms with Crippen LogP contribution in [0, 0.1) is 5.92 Å². The monoisotopic (exact) mass is 391 g/mol. The summed E-state index contributed by atoms with van der Waals surface area (Å²) < 4.78 is 60.6. The molecule has 0 amide bonds. The molecule has 0 aromatic heterocycles. The van der Waals surface area contributed by atoms with Gasteiger partial charge in [0.1, 0.15) is 11.0 Å². The van der Waals surface area contributed by atoms with E-state index >= 15 is 0 Å². The standard InChI is InChI=1S/C18H24F3NO3S/c1-5-25-16(23)12-14(18(19,20)21)11-15(13-9-7-6-8-10-13)22-26(24)17(2,3)4/h6-10,14H,5,11-12H2,1-4H3/b22-15-/t14-,26?/m0/s1. The largest absolute Gasteiger partial charge is 0.466 e. The van der Waals surface area contributed by atoms with Gasteiger partial charge in [-0.25, -0.2) is 4.21 Å². The zero-order valence-corrected chi connectivity index (χ0v) is 16.1. The quantitative estimate of drug-likeness (QED) is 0.509. The Kier molecular flexibility index (Phi) is 7.99. The summed E-state index contributed by atoms with van der Waals surface area (Å²) in [7, 11) is -1.72. The second kappa shape index (κ2) is 9.30. The van der Waals surface area contributed by atoms with E-state index in [9.17, 15) is 22.2 Å². The zero-order valence-electron chi connectivity index (χ0n) is 15.3. The van der Waals surface area contributed by atoms with Gasteiger partial charge in [-0.05, 0) is 33.3 Å². The lowest BCUT2D eigenvalue weighted by molar-refractivity contribution is -0.182. The van der Waals surface area contributed by atoms with Gasteiger partial charge in [-0.1, -0.05) is 30.3 Å².